The smallest absolute Gasteiger partial charge is 0.338 e. The molecule has 0 atom stereocenters. The Bertz CT molecular complexity index is 716. The number of aromatic nitrogens is 1. The predicted molar refractivity (Wildman–Crippen MR) is 78.7 cm³/mol. The molecule has 3 aromatic rings. The Morgan fingerprint density at radius 1 is 1.00 bits per heavy atom. The van der Waals surface area contributed by atoms with Crippen LogP contribution in [0.2, 0.25) is 0 Å². The molecule has 0 bridgehead atoms. The molecule has 0 saturated carbocycles. The van der Waals surface area contributed by atoms with Crippen molar-refractivity contribution in [2.45, 2.75) is 6.42 Å². The van der Waals surface area contributed by atoms with Gasteiger partial charge in [-0.2, -0.15) is 0 Å². The fraction of sp³-hybridized carbons (Fsp3) is 0.118. The third-order valence-corrected chi connectivity index (χ3v) is 3.29. The molecule has 0 fully saturated rings. The molecular formula is C17H15NO2. The number of carbonyl (C=O) groups is 1. The first-order valence-electron chi connectivity index (χ1n) is 6.62. The van der Waals surface area contributed by atoms with Gasteiger partial charge in [0.25, 0.3) is 0 Å². The zero-order valence-electron chi connectivity index (χ0n) is 11.0. The Morgan fingerprint density at radius 2 is 1.75 bits per heavy atom. The maximum atomic E-state index is 11.8. The van der Waals surface area contributed by atoms with E-state index in [1.165, 1.54) is 10.9 Å². The Hall–Kier alpha value is -2.55. The highest BCUT2D eigenvalue weighted by Crippen LogP contribution is 2.18. The molecule has 0 aliphatic rings. The molecule has 3 heteroatoms. The number of H-pyrrole nitrogens is 1. The molecule has 3 rings (SSSR count). The Labute approximate surface area is 117 Å². The molecule has 0 radical (unpaired) electrons. The Kier molecular flexibility index (Phi) is 3.50. The van der Waals surface area contributed by atoms with Crippen molar-refractivity contribution < 1.29 is 9.53 Å². The van der Waals surface area contributed by atoms with Gasteiger partial charge in [0, 0.05) is 23.5 Å². The van der Waals surface area contributed by atoms with Crippen LogP contribution in [0.4, 0.5) is 0 Å². The van der Waals surface area contributed by atoms with Gasteiger partial charge in [-0.05, 0) is 23.8 Å². The number of aromatic amines is 1. The highest BCUT2D eigenvalue weighted by atomic mass is 16.5. The van der Waals surface area contributed by atoms with Gasteiger partial charge in [-0.1, -0.05) is 36.4 Å². The van der Waals surface area contributed by atoms with E-state index in [-0.39, 0.29) is 5.97 Å². The first kappa shape index (κ1) is 12.5. The van der Waals surface area contributed by atoms with Crippen LogP contribution in [0.5, 0.6) is 0 Å². The number of hydrogen-bond acceptors (Lipinski definition) is 2. The molecule has 0 saturated heterocycles. The van der Waals surface area contributed by atoms with Gasteiger partial charge < -0.3 is 9.72 Å². The van der Waals surface area contributed by atoms with Crippen molar-refractivity contribution in [3.63, 3.8) is 0 Å². The van der Waals surface area contributed by atoms with Crippen LogP contribution in [0.3, 0.4) is 0 Å². The first-order valence-corrected chi connectivity index (χ1v) is 6.62. The molecular weight excluding hydrogens is 250 g/mol. The number of nitrogens with one attached hydrogen (secondary N) is 1. The Balaban J connectivity index is 1.62. The van der Waals surface area contributed by atoms with Gasteiger partial charge in [-0.3, -0.25) is 0 Å². The zero-order valence-corrected chi connectivity index (χ0v) is 11.0. The standard InChI is InChI=1S/C17H15NO2/c19-17(13-6-2-1-3-7-13)20-11-10-14-12-18-16-9-5-4-8-15(14)16/h1-9,12,18H,10-11H2. The first-order chi connectivity index (χ1) is 9.84. The highest BCUT2D eigenvalue weighted by Gasteiger charge is 2.07. The summed E-state index contributed by atoms with van der Waals surface area (Å²) in [5.74, 6) is -0.273. The van der Waals surface area contributed by atoms with Crippen molar-refractivity contribution in [1.29, 1.82) is 0 Å². The maximum absolute atomic E-state index is 11.8. The van der Waals surface area contributed by atoms with Crippen LogP contribution in [0, 0.1) is 0 Å². The lowest BCUT2D eigenvalue weighted by atomic mass is 10.1. The van der Waals surface area contributed by atoms with Crippen LogP contribution < -0.4 is 0 Å². The molecule has 2 aromatic carbocycles. The largest absolute Gasteiger partial charge is 0.462 e. The predicted octanol–water partition coefficient (Wildman–Crippen LogP) is 3.57. The minimum atomic E-state index is -0.273. The molecule has 100 valence electrons. The van der Waals surface area contributed by atoms with Crippen molar-refractivity contribution in [2.24, 2.45) is 0 Å². The molecule has 3 nitrogen and oxygen atoms in total. The van der Waals surface area contributed by atoms with E-state index in [0.29, 0.717) is 18.6 Å². The summed E-state index contributed by atoms with van der Waals surface area (Å²) in [7, 11) is 0. The van der Waals surface area contributed by atoms with Crippen molar-refractivity contribution in [3.05, 3.63) is 71.9 Å². The van der Waals surface area contributed by atoms with Gasteiger partial charge in [0.2, 0.25) is 0 Å². The second kappa shape index (κ2) is 5.61. The number of fused-ring (bicyclic) bond motifs is 1. The average molecular weight is 265 g/mol. The molecule has 0 aliphatic carbocycles. The normalized spacial score (nSPS) is 10.6. The maximum Gasteiger partial charge on any atom is 0.338 e. The van der Waals surface area contributed by atoms with E-state index < -0.39 is 0 Å². The Morgan fingerprint density at radius 3 is 2.60 bits per heavy atom. The fourth-order valence-electron chi connectivity index (χ4n) is 2.25. The molecule has 0 amide bonds. The number of benzene rings is 2. The summed E-state index contributed by atoms with van der Waals surface area (Å²) < 4.78 is 5.30. The van der Waals surface area contributed by atoms with Crippen molar-refractivity contribution >= 4 is 16.9 Å². The van der Waals surface area contributed by atoms with E-state index in [1.807, 2.05) is 42.6 Å². The lowest BCUT2D eigenvalue weighted by Gasteiger charge is -2.04. The van der Waals surface area contributed by atoms with E-state index in [1.54, 1.807) is 12.1 Å². The summed E-state index contributed by atoms with van der Waals surface area (Å²) in [6.07, 6.45) is 2.68. The third kappa shape index (κ3) is 2.57. The SMILES string of the molecule is O=C(OCCc1c[nH]c2ccccc12)c1ccccc1. The van der Waals surface area contributed by atoms with E-state index in [2.05, 4.69) is 11.1 Å². The average Bonchev–Trinajstić information content (AvgIpc) is 2.92. The van der Waals surface area contributed by atoms with Crippen LogP contribution in [-0.4, -0.2) is 17.6 Å². The summed E-state index contributed by atoms with van der Waals surface area (Å²) in [6.45, 7) is 0.384. The number of carbonyl (C=O) groups excluding carboxylic acids is 1. The van der Waals surface area contributed by atoms with Gasteiger partial charge in [0.05, 0.1) is 12.2 Å². The number of rotatable bonds is 4. The van der Waals surface area contributed by atoms with E-state index in [9.17, 15) is 4.79 Å². The van der Waals surface area contributed by atoms with Crippen LogP contribution in [0.25, 0.3) is 10.9 Å². The van der Waals surface area contributed by atoms with Gasteiger partial charge >= 0.3 is 5.97 Å². The third-order valence-electron chi connectivity index (χ3n) is 3.29. The summed E-state index contributed by atoms with van der Waals surface area (Å²) in [5.41, 5.74) is 2.87. The minimum absolute atomic E-state index is 0.273. The van der Waals surface area contributed by atoms with E-state index >= 15 is 0 Å². The molecule has 0 spiro atoms. The molecule has 0 unspecified atom stereocenters. The topological polar surface area (TPSA) is 42.1 Å². The van der Waals surface area contributed by atoms with Crippen LogP contribution in [0.15, 0.2) is 60.8 Å². The number of ether oxygens (including phenoxy) is 1. The van der Waals surface area contributed by atoms with Crippen LogP contribution >= 0.6 is 0 Å². The zero-order chi connectivity index (χ0) is 13.8. The summed E-state index contributed by atoms with van der Waals surface area (Å²) in [5, 5.41) is 1.18. The van der Waals surface area contributed by atoms with Gasteiger partial charge in [0.15, 0.2) is 0 Å². The number of esters is 1. The van der Waals surface area contributed by atoms with Crippen molar-refractivity contribution in [3.8, 4) is 0 Å². The van der Waals surface area contributed by atoms with E-state index in [0.717, 1.165) is 5.52 Å². The molecule has 20 heavy (non-hydrogen) atoms. The summed E-state index contributed by atoms with van der Waals surface area (Å²) in [4.78, 5) is 15.0. The van der Waals surface area contributed by atoms with Gasteiger partial charge in [-0.25, -0.2) is 4.79 Å². The fourth-order valence-corrected chi connectivity index (χ4v) is 2.25. The van der Waals surface area contributed by atoms with Crippen molar-refractivity contribution in [2.75, 3.05) is 6.61 Å². The lowest BCUT2D eigenvalue weighted by molar-refractivity contribution is 0.0509. The number of para-hydroxylation sites is 1. The van der Waals surface area contributed by atoms with Crippen LogP contribution in [0.1, 0.15) is 15.9 Å². The monoisotopic (exact) mass is 265 g/mol. The van der Waals surface area contributed by atoms with E-state index in [4.69, 9.17) is 4.74 Å². The minimum Gasteiger partial charge on any atom is -0.462 e. The summed E-state index contributed by atoms with van der Waals surface area (Å²) >= 11 is 0. The second-order valence-electron chi connectivity index (χ2n) is 4.61. The summed E-state index contributed by atoms with van der Waals surface area (Å²) in [6, 6.07) is 17.2. The van der Waals surface area contributed by atoms with Crippen molar-refractivity contribution in [1.82, 2.24) is 4.98 Å². The quantitative estimate of drug-likeness (QED) is 0.733. The van der Waals surface area contributed by atoms with Gasteiger partial charge in [0.1, 0.15) is 0 Å². The lowest BCUT2D eigenvalue weighted by Crippen LogP contribution is -2.07. The number of hydrogen-bond donors (Lipinski definition) is 1. The van der Waals surface area contributed by atoms with Gasteiger partial charge in [-0.15, -0.1) is 0 Å². The molecule has 1 aromatic heterocycles. The molecule has 1 heterocycles. The second-order valence-corrected chi connectivity index (χ2v) is 4.61. The molecule has 0 aliphatic heterocycles. The van der Waals surface area contributed by atoms with Crippen LogP contribution in [-0.2, 0) is 11.2 Å². The highest BCUT2D eigenvalue weighted by molar-refractivity contribution is 5.89. The molecule has 1 N–H and O–H groups in total.